The van der Waals surface area contributed by atoms with Gasteiger partial charge >= 0.3 is 0 Å². The molecule has 7 heteroatoms. The number of ether oxygens (including phenoxy) is 1. The molecule has 236 valence electrons. The van der Waals surface area contributed by atoms with E-state index in [9.17, 15) is 9.59 Å². The highest BCUT2D eigenvalue weighted by Gasteiger charge is 2.68. The molecule has 0 radical (unpaired) electrons. The van der Waals surface area contributed by atoms with Crippen LogP contribution in [0.2, 0.25) is 0 Å². The van der Waals surface area contributed by atoms with E-state index in [1.807, 2.05) is 12.1 Å². The zero-order valence-corrected chi connectivity index (χ0v) is 26.9. The molecule has 2 saturated heterocycles. The first-order chi connectivity index (χ1) is 20.6. The monoisotopic (exact) mass is 590 g/mol. The quantitative estimate of drug-likeness (QED) is 0.389. The van der Waals surface area contributed by atoms with Crippen molar-refractivity contribution in [1.29, 1.82) is 0 Å². The van der Waals surface area contributed by atoms with Crippen LogP contribution in [0, 0.1) is 52.3 Å². The number of nitrogens with one attached hydrogen (secondary N) is 3. The molecular formula is C36H54N4O3. The van der Waals surface area contributed by atoms with Crippen molar-refractivity contribution in [3.05, 3.63) is 30.1 Å². The van der Waals surface area contributed by atoms with Crippen LogP contribution in [0.3, 0.4) is 0 Å². The number of pyridine rings is 1. The fourth-order valence-corrected chi connectivity index (χ4v) is 11.8. The molecule has 12 atom stereocenters. The summed E-state index contributed by atoms with van der Waals surface area (Å²) in [6, 6.07) is 3.96. The lowest BCUT2D eigenvalue weighted by molar-refractivity contribution is -0.137. The number of hydrogen-bond donors (Lipinski definition) is 3. The lowest BCUT2D eigenvalue weighted by atomic mass is 9.44. The Balaban J connectivity index is 0.952. The predicted molar refractivity (Wildman–Crippen MR) is 166 cm³/mol. The van der Waals surface area contributed by atoms with E-state index in [4.69, 9.17) is 4.74 Å². The van der Waals surface area contributed by atoms with E-state index < -0.39 is 0 Å². The van der Waals surface area contributed by atoms with E-state index in [1.54, 1.807) is 12.4 Å². The Morgan fingerprint density at radius 1 is 1.00 bits per heavy atom. The minimum atomic E-state index is -0.230. The standard InChI is InChI=1S/C36H54N4O3/c1-22-9-14-36(39-19-22)23(2)33-30(43-36)17-29-27-8-7-25-16-26(10-12-34(25,3)28(27)11-13-35(29,33)4)40-32(42)18-31(41)38-21-24-6-5-15-37-20-24/h5-6,15,20,22-23,25-30,33,39H,7-14,16-19,21H2,1-4H3,(H,38,41)(H,40,42)/t22-,23+,25-,26?,27-,28+,29+,30+,33+,34+,35+,36-/m1/s1. The average Bonchev–Trinajstić information content (AvgIpc) is 3.44. The van der Waals surface area contributed by atoms with Gasteiger partial charge in [-0.25, -0.2) is 0 Å². The number of nitrogens with zero attached hydrogens (tertiary/aromatic N) is 1. The third-order valence-corrected chi connectivity index (χ3v) is 14.0. The summed E-state index contributed by atoms with van der Waals surface area (Å²) >= 11 is 0. The van der Waals surface area contributed by atoms with Gasteiger partial charge < -0.3 is 15.4 Å². The molecular weight excluding hydrogens is 536 g/mol. The Hall–Kier alpha value is -1.99. The second-order valence-electron chi connectivity index (χ2n) is 16.2. The van der Waals surface area contributed by atoms with Crippen LogP contribution in [0.25, 0.3) is 0 Å². The van der Waals surface area contributed by atoms with Gasteiger partial charge in [-0.05, 0) is 122 Å². The lowest BCUT2D eigenvalue weighted by Crippen LogP contribution is -2.58. The van der Waals surface area contributed by atoms with Crippen molar-refractivity contribution in [2.45, 2.75) is 123 Å². The molecule has 4 aliphatic carbocycles. The molecule has 2 amide bonds. The van der Waals surface area contributed by atoms with Gasteiger partial charge in [-0.3, -0.25) is 19.9 Å². The van der Waals surface area contributed by atoms with Crippen molar-refractivity contribution in [2.24, 2.45) is 52.3 Å². The highest BCUT2D eigenvalue weighted by Crippen LogP contribution is 2.71. The van der Waals surface area contributed by atoms with Crippen molar-refractivity contribution in [3.63, 3.8) is 0 Å². The molecule has 0 aromatic carbocycles. The molecule has 4 saturated carbocycles. The number of amides is 2. The third-order valence-electron chi connectivity index (χ3n) is 14.0. The first-order valence-electron chi connectivity index (χ1n) is 17.5. The summed E-state index contributed by atoms with van der Waals surface area (Å²) in [6.07, 6.45) is 16.0. The van der Waals surface area contributed by atoms with Crippen molar-refractivity contribution in [1.82, 2.24) is 20.9 Å². The summed E-state index contributed by atoms with van der Waals surface area (Å²) in [7, 11) is 0. The first kappa shape index (κ1) is 29.7. The van der Waals surface area contributed by atoms with Crippen molar-refractivity contribution in [3.8, 4) is 0 Å². The maximum atomic E-state index is 12.8. The van der Waals surface area contributed by atoms with Crippen LogP contribution >= 0.6 is 0 Å². The van der Waals surface area contributed by atoms with Gasteiger partial charge in [0.25, 0.3) is 0 Å². The van der Waals surface area contributed by atoms with Crippen LogP contribution in [0.5, 0.6) is 0 Å². The Morgan fingerprint density at radius 3 is 2.60 bits per heavy atom. The van der Waals surface area contributed by atoms with Crippen LogP contribution in [-0.4, -0.2) is 41.2 Å². The molecule has 6 fully saturated rings. The van der Waals surface area contributed by atoms with Gasteiger partial charge in [0.1, 0.15) is 12.1 Å². The van der Waals surface area contributed by atoms with E-state index in [0.717, 1.165) is 48.6 Å². The van der Waals surface area contributed by atoms with Crippen LogP contribution in [-0.2, 0) is 20.9 Å². The van der Waals surface area contributed by atoms with E-state index >= 15 is 0 Å². The maximum absolute atomic E-state index is 12.8. The molecule has 1 spiro atoms. The lowest BCUT2D eigenvalue weighted by Gasteiger charge is -2.61. The smallest absolute Gasteiger partial charge is 0.229 e. The molecule has 2 aliphatic heterocycles. The second kappa shape index (κ2) is 11.1. The minimum absolute atomic E-state index is 0.0841. The Kier molecular flexibility index (Phi) is 7.68. The molecule has 7 nitrogen and oxygen atoms in total. The Bertz CT molecular complexity index is 1200. The van der Waals surface area contributed by atoms with E-state index in [0.29, 0.717) is 41.2 Å². The van der Waals surface area contributed by atoms with Gasteiger partial charge in [-0.2, -0.15) is 0 Å². The Morgan fingerprint density at radius 2 is 1.84 bits per heavy atom. The number of fused-ring (bicyclic) bond motifs is 7. The Labute approximate surface area is 258 Å². The molecule has 3 heterocycles. The normalized spacial score (nSPS) is 46.7. The summed E-state index contributed by atoms with van der Waals surface area (Å²) in [6.45, 7) is 11.6. The zero-order chi connectivity index (χ0) is 30.0. The van der Waals surface area contributed by atoms with E-state index in [-0.39, 0.29) is 30.0 Å². The molecule has 1 aromatic rings. The number of aromatic nitrogens is 1. The number of carbonyl (C=O) groups is 2. The van der Waals surface area contributed by atoms with Crippen molar-refractivity contribution >= 4 is 11.8 Å². The molecule has 6 aliphatic rings. The van der Waals surface area contributed by atoms with Gasteiger partial charge in [0.05, 0.1) is 6.10 Å². The maximum Gasteiger partial charge on any atom is 0.229 e. The molecule has 0 bridgehead atoms. The highest BCUT2D eigenvalue weighted by atomic mass is 16.5. The van der Waals surface area contributed by atoms with Crippen LogP contribution in [0.15, 0.2) is 24.5 Å². The fraction of sp³-hybridized carbons (Fsp3) is 0.806. The van der Waals surface area contributed by atoms with Crippen LogP contribution in [0.4, 0.5) is 0 Å². The van der Waals surface area contributed by atoms with Gasteiger partial charge in [0.2, 0.25) is 11.8 Å². The van der Waals surface area contributed by atoms with Crippen molar-refractivity contribution in [2.75, 3.05) is 6.54 Å². The number of carbonyl (C=O) groups excluding carboxylic acids is 2. The molecule has 1 aromatic heterocycles. The van der Waals surface area contributed by atoms with Gasteiger partial charge in [0.15, 0.2) is 0 Å². The summed E-state index contributed by atoms with van der Waals surface area (Å²) < 4.78 is 7.08. The largest absolute Gasteiger partial charge is 0.357 e. The minimum Gasteiger partial charge on any atom is -0.357 e. The molecule has 43 heavy (non-hydrogen) atoms. The summed E-state index contributed by atoms with van der Waals surface area (Å²) in [5.74, 6) is 4.67. The predicted octanol–water partition coefficient (Wildman–Crippen LogP) is 5.59. The second-order valence-corrected chi connectivity index (χ2v) is 16.2. The van der Waals surface area contributed by atoms with Crippen LogP contribution < -0.4 is 16.0 Å². The van der Waals surface area contributed by atoms with E-state index in [1.165, 1.54) is 51.4 Å². The highest BCUT2D eigenvalue weighted by molar-refractivity contribution is 5.96. The summed E-state index contributed by atoms with van der Waals surface area (Å²) in [5, 5.41) is 9.99. The zero-order valence-electron chi connectivity index (χ0n) is 26.9. The summed E-state index contributed by atoms with van der Waals surface area (Å²) in [4.78, 5) is 29.3. The SMILES string of the molecule is C[C@@H]1CC[C@@]2(NC1)O[C@H]1C[C@H]3[C@@H]4CC[C@@H]5CC(NC(=O)CC(=O)NCc6cccnc6)CC[C@]5(C)[C@H]4CC[C@]3(C)[C@H]1[C@@H]2C. The van der Waals surface area contributed by atoms with Gasteiger partial charge in [0, 0.05) is 37.4 Å². The van der Waals surface area contributed by atoms with Gasteiger partial charge in [-0.1, -0.05) is 33.8 Å². The number of rotatable bonds is 5. The fourth-order valence-electron chi connectivity index (χ4n) is 11.8. The average molecular weight is 591 g/mol. The number of piperidine rings is 1. The third kappa shape index (κ3) is 5.05. The van der Waals surface area contributed by atoms with E-state index in [2.05, 4.69) is 48.6 Å². The summed E-state index contributed by atoms with van der Waals surface area (Å²) in [5.41, 5.74) is 1.60. The van der Waals surface area contributed by atoms with Crippen molar-refractivity contribution < 1.29 is 14.3 Å². The topological polar surface area (TPSA) is 92.4 Å². The van der Waals surface area contributed by atoms with Crippen LogP contribution in [0.1, 0.15) is 104 Å². The number of hydrogen-bond acceptors (Lipinski definition) is 5. The molecule has 1 unspecified atom stereocenters. The van der Waals surface area contributed by atoms with Gasteiger partial charge in [-0.15, -0.1) is 0 Å². The molecule has 7 rings (SSSR count). The molecule has 3 N–H and O–H groups in total. The first-order valence-corrected chi connectivity index (χ1v) is 17.5.